The number of non-ortho nitro benzene ring substituents is 2. The molecule has 0 unspecified atom stereocenters. The Hall–Kier alpha value is -3.90. The summed E-state index contributed by atoms with van der Waals surface area (Å²) in [4.78, 5) is 45.4. The van der Waals surface area contributed by atoms with Crippen LogP contribution in [0.15, 0.2) is 48.5 Å². The average molecular weight is 460 g/mol. The first-order chi connectivity index (χ1) is 15.7. The highest BCUT2D eigenvalue weighted by molar-refractivity contribution is 5.90. The second kappa shape index (κ2) is 10.1. The Bertz CT molecular complexity index is 1040. The number of esters is 2. The number of methoxy groups -OCH3 is 1. The van der Waals surface area contributed by atoms with Crippen molar-refractivity contribution < 1.29 is 38.4 Å². The first-order valence-electron chi connectivity index (χ1n) is 9.78. The van der Waals surface area contributed by atoms with E-state index < -0.39 is 46.4 Å². The van der Waals surface area contributed by atoms with Crippen LogP contribution >= 0.6 is 0 Å². The summed E-state index contributed by atoms with van der Waals surface area (Å²) in [5.74, 6) is -1.47. The van der Waals surface area contributed by atoms with E-state index in [1.54, 1.807) is 6.92 Å². The van der Waals surface area contributed by atoms with E-state index in [1.807, 2.05) is 0 Å². The summed E-state index contributed by atoms with van der Waals surface area (Å²) < 4.78 is 21.9. The van der Waals surface area contributed by atoms with Gasteiger partial charge in [0.1, 0.15) is 6.10 Å². The molecule has 0 radical (unpaired) electrons. The van der Waals surface area contributed by atoms with Crippen molar-refractivity contribution in [3.8, 4) is 0 Å². The maximum Gasteiger partial charge on any atom is 0.338 e. The highest BCUT2D eigenvalue weighted by Gasteiger charge is 2.40. The molecule has 3 rings (SSSR count). The third-order valence-corrected chi connectivity index (χ3v) is 5.02. The highest BCUT2D eigenvalue weighted by atomic mass is 16.7. The van der Waals surface area contributed by atoms with Crippen LogP contribution in [0.25, 0.3) is 0 Å². The van der Waals surface area contributed by atoms with Crippen molar-refractivity contribution in [2.24, 2.45) is 0 Å². The number of hydrogen-bond acceptors (Lipinski definition) is 10. The van der Waals surface area contributed by atoms with Gasteiger partial charge in [-0.05, 0) is 31.2 Å². The van der Waals surface area contributed by atoms with Gasteiger partial charge in [-0.2, -0.15) is 0 Å². The van der Waals surface area contributed by atoms with Crippen LogP contribution in [0, 0.1) is 20.2 Å². The van der Waals surface area contributed by atoms with Crippen molar-refractivity contribution in [1.29, 1.82) is 0 Å². The van der Waals surface area contributed by atoms with Crippen LogP contribution in [-0.4, -0.2) is 53.5 Å². The van der Waals surface area contributed by atoms with Crippen molar-refractivity contribution >= 4 is 23.3 Å². The minimum absolute atomic E-state index is 0.0666. The summed E-state index contributed by atoms with van der Waals surface area (Å²) in [5.41, 5.74) is -0.133. The molecule has 0 bridgehead atoms. The molecule has 1 saturated heterocycles. The maximum atomic E-state index is 12.5. The van der Waals surface area contributed by atoms with E-state index in [0.29, 0.717) is 0 Å². The molecular weight excluding hydrogens is 440 g/mol. The third kappa shape index (κ3) is 5.67. The zero-order valence-corrected chi connectivity index (χ0v) is 17.6. The fourth-order valence-corrected chi connectivity index (χ4v) is 3.22. The van der Waals surface area contributed by atoms with E-state index in [2.05, 4.69) is 0 Å². The minimum Gasteiger partial charge on any atom is -0.456 e. The first-order valence-corrected chi connectivity index (χ1v) is 9.78. The van der Waals surface area contributed by atoms with Crippen molar-refractivity contribution in [1.82, 2.24) is 0 Å². The predicted molar refractivity (Wildman–Crippen MR) is 111 cm³/mol. The van der Waals surface area contributed by atoms with Gasteiger partial charge in [0.25, 0.3) is 11.4 Å². The lowest BCUT2D eigenvalue weighted by Crippen LogP contribution is -2.50. The number of benzene rings is 2. The van der Waals surface area contributed by atoms with Gasteiger partial charge in [0.15, 0.2) is 12.4 Å². The summed E-state index contributed by atoms with van der Waals surface area (Å²) in [6.07, 6.45) is -3.17. The molecule has 4 atom stereocenters. The SMILES string of the molecule is CO[C@@H]1O[C@H](C)[C@@H](OC(=O)c2ccc([N+](=O)[O-])cc2)C[C@H]1OC(=O)c1ccc([N+](=O)[O-])cc1. The van der Waals surface area contributed by atoms with Crippen molar-refractivity contribution in [2.75, 3.05) is 7.11 Å². The molecule has 0 aromatic heterocycles. The van der Waals surface area contributed by atoms with Crippen LogP contribution in [0.1, 0.15) is 34.1 Å². The molecule has 0 aliphatic carbocycles. The van der Waals surface area contributed by atoms with Gasteiger partial charge < -0.3 is 18.9 Å². The topological polar surface area (TPSA) is 157 Å². The van der Waals surface area contributed by atoms with Gasteiger partial charge in [-0.15, -0.1) is 0 Å². The molecule has 2 aromatic carbocycles. The Balaban J connectivity index is 1.68. The van der Waals surface area contributed by atoms with Crippen LogP contribution in [0.2, 0.25) is 0 Å². The molecule has 1 aliphatic heterocycles. The van der Waals surface area contributed by atoms with Gasteiger partial charge in [0.2, 0.25) is 0 Å². The Morgan fingerprint density at radius 2 is 1.27 bits per heavy atom. The number of nitrogens with zero attached hydrogens (tertiary/aromatic N) is 2. The van der Waals surface area contributed by atoms with Gasteiger partial charge in [0.05, 0.1) is 27.1 Å². The average Bonchev–Trinajstić information content (AvgIpc) is 2.80. The number of carbonyl (C=O) groups excluding carboxylic acids is 2. The zero-order valence-electron chi connectivity index (χ0n) is 17.6. The van der Waals surface area contributed by atoms with Crippen molar-refractivity contribution in [3.63, 3.8) is 0 Å². The molecule has 12 heteroatoms. The molecule has 1 aliphatic rings. The molecule has 2 aromatic rings. The lowest BCUT2D eigenvalue weighted by Gasteiger charge is -2.38. The maximum absolute atomic E-state index is 12.5. The quantitative estimate of drug-likeness (QED) is 0.341. The Kier molecular flexibility index (Phi) is 7.30. The summed E-state index contributed by atoms with van der Waals surface area (Å²) in [7, 11) is 1.37. The van der Waals surface area contributed by atoms with Gasteiger partial charge in [-0.25, -0.2) is 9.59 Å². The van der Waals surface area contributed by atoms with Gasteiger partial charge >= 0.3 is 11.9 Å². The molecule has 12 nitrogen and oxygen atoms in total. The van der Waals surface area contributed by atoms with Gasteiger partial charge in [-0.1, -0.05) is 0 Å². The number of carbonyl (C=O) groups is 2. The number of hydrogen-bond donors (Lipinski definition) is 0. The molecule has 1 fully saturated rings. The van der Waals surface area contributed by atoms with Crippen LogP contribution in [0.4, 0.5) is 11.4 Å². The number of nitro benzene ring substituents is 2. The molecule has 174 valence electrons. The standard InChI is InChI=1S/C21H20N2O10/c1-12-17(32-19(24)13-3-7-15(8-4-13)22(26)27)11-18(21(30-2)31-12)33-20(25)14-5-9-16(10-6-14)23(28)29/h3-10,12,17-18,21H,11H2,1-2H3/t12-,17+,18-,21-/m1/s1. The minimum atomic E-state index is -0.927. The summed E-state index contributed by atoms with van der Waals surface area (Å²) in [5, 5.41) is 21.5. The van der Waals surface area contributed by atoms with E-state index in [4.69, 9.17) is 18.9 Å². The van der Waals surface area contributed by atoms with E-state index in [1.165, 1.54) is 55.6 Å². The second-order valence-electron chi connectivity index (χ2n) is 7.18. The number of rotatable bonds is 7. The van der Waals surface area contributed by atoms with E-state index in [-0.39, 0.29) is 28.9 Å². The van der Waals surface area contributed by atoms with Crippen molar-refractivity contribution in [2.45, 2.75) is 37.9 Å². The van der Waals surface area contributed by atoms with Crippen molar-refractivity contribution in [3.05, 3.63) is 79.9 Å². The Labute approximate surface area is 187 Å². The zero-order chi connectivity index (χ0) is 24.1. The smallest absolute Gasteiger partial charge is 0.338 e. The number of ether oxygens (including phenoxy) is 4. The van der Waals surface area contributed by atoms with Crippen LogP contribution in [-0.2, 0) is 18.9 Å². The van der Waals surface area contributed by atoms with E-state index in [0.717, 1.165) is 0 Å². The normalized spacial score (nSPS) is 22.2. The van der Waals surface area contributed by atoms with Gasteiger partial charge in [-0.3, -0.25) is 20.2 Å². The summed E-state index contributed by atoms with van der Waals surface area (Å²) in [6, 6.07) is 9.82. The fourth-order valence-electron chi connectivity index (χ4n) is 3.22. The molecule has 0 amide bonds. The molecule has 0 spiro atoms. The predicted octanol–water partition coefficient (Wildman–Crippen LogP) is 3.04. The molecule has 1 heterocycles. The largest absolute Gasteiger partial charge is 0.456 e. The second-order valence-corrected chi connectivity index (χ2v) is 7.18. The lowest BCUT2D eigenvalue weighted by molar-refractivity contribution is -0.385. The molecule has 0 saturated carbocycles. The Morgan fingerprint density at radius 1 is 0.848 bits per heavy atom. The van der Waals surface area contributed by atoms with E-state index >= 15 is 0 Å². The van der Waals surface area contributed by atoms with Crippen LogP contribution in [0.3, 0.4) is 0 Å². The fraction of sp³-hybridized carbons (Fsp3) is 0.333. The van der Waals surface area contributed by atoms with E-state index in [9.17, 15) is 29.8 Å². The van der Waals surface area contributed by atoms with Gasteiger partial charge in [0, 0.05) is 37.8 Å². The van der Waals surface area contributed by atoms with Crippen LogP contribution < -0.4 is 0 Å². The third-order valence-electron chi connectivity index (χ3n) is 5.02. The Morgan fingerprint density at radius 3 is 1.67 bits per heavy atom. The lowest BCUT2D eigenvalue weighted by atomic mass is 10.0. The number of nitro groups is 2. The summed E-state index contributed by atoms with van der Waals surface area (Å²) >= 11 is 0. The molecular formula is C21H20N2O10. The first kappa shape index (κ1) is 23.8. The molecule has 0 N–H and O–H groups in total. The molecule has 33 heavy (non-hydrogen) atoms. The van der Waals surface area contributed by atoms with Crippen LogP contribution in [0.5, 0.6) is 0 Å². The highest BCUT2D eigenvalue weighted by Crippen LogP contribution is 2.27. The monoisotopic (exact) mass is 460 g/mol. The summed E-state index contributed by atoms with van der Waals surface area (Å²) in [6.45, 7) is 1.66.